The molecule has 0 bridgehead atoms. The van der Waals surface area contributed by atoms with Crippen LogP contribution in [0.3, 0.4) is 0 Å². The first-order chi connectivity index (χ1) is 9.54. The Balaban J connectivity index is 2.39. The van der Waals surface area contributed by atoms with E-state index in [1.165, 1.54) is 22.2 Å². The number of nitrogens with two attached hydrogens (primary N) is 1. The molecule has 0 saturated carbocycles. The zero-order valence-corrected chi connectivity index (χ0v) is 12.6. The number of para-hydroxylation sites is 1. The SMILES string of the molecule is Cc1c(CCN)c2ccccc2n1CC(O)CN(C)C. The molecule has 0 radical (unpaired) electrons. The van der Waals surface area contributed by atoms with Crippen molar-refractivity contribution in [2.45, 2.75) is 26.0 Å². The molecular formula is C16H25N3O. The Morgan fingerprint density at radius 3 is 2.65 bits per heavy atom. The van der Waals surface area contributed by atoms with E-state index in [1.807, 2.05) is 25.1 Å². The molecule has 0 amide bonds. The summed E-state index contributed by atoms with van der Waals surface area (Å²) in [4.78, 5) is 2.01. The molecule has 3 N–H and O–H groups in total. The topological polar surface area (TPSA) is 54.4 Å². The first-order valence-corrected chi connectivity index (χ1v) is 7.14. The van der Waals surface area contributed by atoms with Crippen LogP contribution < -0.4 is 5.73 Å². The van der Waals surface area contributed by atoms with Gasteiger partial charge in [-0.3, -0.25) is 0 Å². The summed E-state index contributed by atoms with van der Waals surface area (Å²) in [6.07, 6.45) is 0.508. The van der Waals surface area contributed by atoms with Crippen LogP contribution in [0.2, 0.25) is 0 Å². The minimum absolute atomic E-state index is 0.370. The fourth-order valence-electron chi connectivity index (χ4n) is 2.89. The van der Waals surface area contributed by atoms with Crippen molar-refractivity contribution >= 4 is 10.9 Å². The average molecular weight is 275 g/mol. The number of nitrogens with zero attached hydrogens (tertiary/aromatic N) is 2. The molecule has 20 heavy (non-hydrogen) atoms. The van der Waals surface area contributed by atoms with Gasteiger partial charge in [0.15, 0.2) is 0 Å². The first kappa shape index (κ1) is 15.0. The number of hydrogen-bond acceptors (Lipinski definition) is 3. The summed E-state index contributed by atoms with van der Waals surface area (Å²) >= 11 is 0. The van der Waals surface area contributed by atoms with Crippen molar-refractivity contribution in [1.29, 1.82) is 0 Å². The minimum Gasteiger partial charge on any atom is -0.390 e. The second-order valence-corrected chi connectivity index (χ2v) is 5.65. The van der Waals surface area contributed by atoms with Gasteiger partial charge in [-0.05, 0) is 45.6 Å². The van der Waals surface area contributed by atoms with Crippen LogP contribution in [-0.4, -0.2) is 47.9 Å². The van der Waals surface area contributed by atoms with Gasteiger partial charge in [0.1, 0.15) is 0 Å². The van der Waals surface area contributed by atoms with Gasteiger partial charge < -0.3 is 20.3 Å². The second-order valence-electron chi connectivity index (χ2n) is 5.65. The Hall–Kier alpha value is -1.36. The molecule has 4 heteroatoms. The third-order valence-electron chi connectivity index (χ3n) is 3.73. The zero-order chi connectivity index (χ0) is 14.7. The Bertz CT molecular complexity index is 574. The summed E-state index contributed by atoms with van der Waals surface area (Å²) in [5.41, 5.74) is 9.44. The molecule has 1 aromatic carbocycles. The van der Waals surface area contributed by atoms with E-state index in [-0.39, 0.29) is 6.10 Å². The van der Waals surface area contributed by atoms with Gasteiger partial charge in [-0.25, -0.2) is 0 Å². The second kappa shape index (κ2) is 6.39. The van der Waals surface area contributed by atoms with Crippen molar-refractivity contribution in [3.05, 3.63) is 35.5 Å². The third kappa shape index (κ3) is 3.03. The van der Waals surface area contributed by atoms with Crippen molar-refractivity contribution in [2.24, 2.45) is 5.73 Å². The normalized spacial score (nSPS) is 13.3. The van der Waals surface area contributed by atoms with Crippen molar-refractivity contribution in [1.82, 2.24) is 9.47 Å². The molecule has 2 rings (SSSR count). The van der Waals surface area contributed by atoms with Crippen LogP contribution in [0.4, 0.5) is 0 Å². The molecule has 1 atom stereocenters. The molecule has 0 fully saturated rings. The number of aliphatic hydroxyl groups is 1. The highest BCUT2D eigenvalue weighted by molar-refractivity contribution is 5.85. The van der Waals surface area contributed by atoms with E-state index >= 15 is 0 Å². The third-order valence-corrected chi connectivity index (χ3v) is 3.73. The van der Waals surface area contributed by atoms with Crippen molar-refractivity contribution in [2.75, 3.05) is 27.2 Å². The lowest BCUT2D eigenvalue weighted by Crippen LogP contribution is -2.29. The molecule has 1 aromatic heterocycles. The van der Waals surface area contributed by atoms with E-state index in [0.29, 0.717) is 19.6 Å². The largest absolute Gasteiger partial charge is 0.390 e. The number of aromatic nitrogens is 1. The highest BCUT2D eigenvalue weighted by Gasteiger charge is 2.15. The number of benzene rings is 1. The van der Waals surface area contributed by atoms with Crippen molar-refractivity contribution < 1.29 is 5.11 Å². The molecule has 0 spiro atoms. The lowest BCUT2D eigenvalue weighted by Gasteiger charge is -2.18. The summed E-state index contributed by atoms with van der Waals surface area (Å²) in [7, 11) is 3.95. The van der Waals surface area contributed by atoms with Crippen molar-refractivity contribution in [3.8, 4) is 0 Å². The molecule has 0 aliphatic rings. The molecule has 1 heterocycles. The standard InChI is InChI=1S/C16H25N3O/c1-12-14(8-9-17)15-6-4-5-7-16(15)19(12)11-13(20)10-18(2)3/h4-7,13,20H,8-11,17H2,1-3H3. The molecule has 1 unspecified atom stereocenters. The van der Waals surface area contributed by atoms with E-state index in [2.05, 4.69) is 29.7 Å². The van der Waals surface area contributed by atoms with Crippen LogP contribution in [0.5, 0.6) is 0 Å². The summed E-state index contributed by atoms with van der Waals surface area (Å²) in [5.74, 6) is 0. The predicted octanol–water partition coefficient (Wildman–Crippen LogP) is 1.37. The van der Waals surface area contributed by atoms with Crippen LogP contribution in [0.1, 0.15) is 11.3 Å². The van der Waals surface area contributed by atoms with Crippen LogP contribution in [-0.2, 0) is 13.0 Å². The van der Waals surface area contributed by atoms with E-state index < -0.39 is 0 Å². The Labute approximate surface area is 120 Å². The molecule has 110 valence electrons. The monoisotopic (exact) mass is 275 g/mol. The van der Waals surface area contributed by atoms with E-state index in [9.17, 15) is 5.11 Å². The lowest BCUT2D eigenvalue weighted by atomic mass is 10.1. The van der Waals surface area contributed by atoms with Gasteiger partial charge in [-0.15, -0.1) is 0 Å². The molecule has 0 aliphatic carbocycles. The molecule has 0 aliphatic heterocycles. The lowest BCUT2D eigenvalue weighted by molar-refractivity contribution is 0.120. The molecule has 0 saturated heterocycles. The quantitative estimate of drug-likeness (QED) is 0.837. The summed E-state index contributed by atoms with van der Waals surface area (Å²) in [6, 6.07) is 8.36. The Morgan fingerprint density at radius 1 is 1.30 bits per heavy atom. The van der Waals surface area contributed by atoms with Gasteiger partial charge in [0, 0.05) is 23.1 Å². The minimum atomic E-state index is -0.370. The Morgan fingerprint density at radius 2 is 2.00 bits per heavy atom. The summed E-state index contributed by atoms with van der Waals surface area (Å²) in [5, 5.41) is 11.5. The maximum absolute atomic E-state index is 10.2. The van der Waals surface area contributed by atoms with E-state index in [0.717, 1.165) is 6.42 Å². The Kier molecular flexibility index (Phi) is 4.81. The highest BCUT2D eigenvalue weighted by Crippen LogP contribution is 2.26. The van der Waals surface area contributed by atoms with Crippen LogP contribution >= 0.6 is 0 Å². The van der Waals surface area contributed by atoms with Gasteiger partial charge in [0.2, 0.25) is 0 Å². The smallest absolute Gasteiger partial charge is 0.0845 e. The average Bonchev–Trinajstić information content (AvgIpc) is 2.64. The molecule has 2 aromatic rings. The van der Waals surface area contributed by atoms with Gasteiger partial charge >= 0.3 is 0 Å². The predicted molar refractivity (Wildman–Crippen MR) is 84.0 cm³/mol. The maximum Gasteiger partial charge on any atom is 0.0845 e. The number of aliphatic hydroxyl groups excluding tert-OH is 1. The molecular weight excluding hydrogens is 250 g/mol. The van der Waals surface area contributed by atoms with Crippen LogP contribution in [0.25, 0.3) is 10.9 Å². The number of fused-ring (bicyclic) bond motifs is 1. The van der Waals surface area contributed by atoms with Crippen LogP contribution in [0, 0.1) is 6.92 Å². The maximum atomic E-state index is 10.2. The van der Waals surface area contributed by atoms with Gasteiger partial charge in [-0.1, -0.05) is 18.2 Å². The fraction of sp³-hybridized carbons (Fsp3) is 0.500. The zero-order valence-electron chi connectivity index (χ0n) is 12.6. The van der Waals surface area contributed by atoms with E-state index in [4.69, 9.17) is 5.73 Å². The summed E-state index contributed by atoms with van der Waals surface area (Å²) in [6.45, 7) is 4.05. The van der Waals surface area contributed by atoms with E-state index in [1.54, 1.807) is 0 Å². The first-order valence-electron chi connectivity index (χ1n) is 7.14. The molecule has 4 nitrogen and oxygen atoms in total. The van der Waals surface area contributed by atoms with Gasteiger partial charge in [-0.2, -0.15) is 0 Å². The highest BCUT2D eigenvalue weighted by atomic mass is 16.3. The van der Waals surface area contributed by atoms with Crippen LogP contribution in [0.15, 0.2) is 24.3 Å². The van der Waals surface area contributed by atoms with Crippen molar-refractivity contribution in [3.63, 3.8) is 0 Å². The van der Waals surface area contributed by atoms with Gasteiger partial charge in [0.05, 0.1) is 12.6 Å². The fourth-order valence-corrected chi connectivity index (χ4v) is 2.89. The number of likely N-dealkylation sites (N-methyl/N-ethyl adjacent to an activating group) is 1. The summed E-state index contributed by atoms with van der Waals surface area (Å²) < 4.78 is 2.22. The number of hydrogen-bond donors (Lipinski definition) is 2. The number of rotatable bonds is 6. The van der Waals surface area contributed by atoms with Gasteiger partial charge in [0.25, 0.3) is 0 Å².